The second-order valence-corrected chi connectivity index (χ2v) is 14.8. The third-order valence-electron chi connectivity index (χ3n) is 10.8. The van der Waals surface area contributed by atoms with Crippen LogP contribution in [0.25, 0.3) is 0 Å². The summed E-state index contributed by atoms with van der Waals surface area (Å²) >= 11 is 6.52. The van der Waals surface area contributed by atoms with Crippen LogP contribution in [0.5, 0.6) is 0 Å². The summed E-state index contributed by atoms with van der Waals surface area (Å²) in [7, 11) is 0. The number of piperazine rings is 1. The summed E-state index contributed by atoms with van der Waals surface area (Å²) in [6, 6.07) is 19.5. The first-order valence-corrected chi connectivity index (χ1v) is 19.0. The Labute approximate surface area is 306 Å². The van der Waals surface area contributed by atoms with Crippen molar-refractivity contribution in [2.75, 3.05) is 26.2 Å². The average molecular weight is 709 g/mol. The van der Waals surface area contributed by atoms with E-state index in [0.717, 1.165) is 79.8 Å². The third-order valence-corrected chi connectivity index (χ3v) is 11.1. The molecule has 2 atom stereocenters. The lowest BCUT2D eigenvalue weighted by Crippen LogP contribution is -2.62. The van der Waals surface area contributed by atoms with Crippen molar-refractivity contribution < 1.29 is 14.3 Å². The minimum absolute atomic E-state index is 0.0612. The number of rotatable bonds is 9. The van der Waals surface area contributed by atoms with Gasteiger partial charge in [0.1, 0.15) is 18.0 Å². The molecule has 9 nitrogen and oxygen atoms in total. The number of amides is 2. The normalized spacial score (nSPS) is 19.5. The number of ether oxygens (including phenoxy) is 1. The SMILES string of the molecule is Cc1cn(CCCN(Cc2ccccc2)C(=O)[C@H]2CN([C@@H]3c4ccc(Cl)cc4CCc4cccnc43)CCN2C(=O)OC2CCCCC2)c(C)n1. The van der Waals surface area contributed by atoms with Crippen molar-refractivity contribution in [3.05, 3.63) is 118 Å². The molecule has 3 heterocycles. The van der Waals surface area contributed by atoms with Gasteiger partial charge in [-0.1, -0.05) is 60.5 Å². The number of halogens is 1. The van der Waals surface area contributed by atoms with E-state index >= 15 is 4.79 Å². The van der Waals surface area contributed by atoms with E-state index in [1.807, 2.05) is 55.3 Å². The topological polar surface area (TPSA) is 83.8 Å². The van der Waals surface area contributed by atoms with E-state index in [2.05, 4.69) is 51.0 Å². The Kier molecular flexibility index (Phi) is 11.0. The molecule has 3 aliphatic rings. The van der Waals surface area contributed by atoms with E-state index < -0.39 is 6.04 Å². The Hall–Kier alpha value is -4.21. The number of aryl methyl sites for hydroxylation is 5. The molecule has 0 unspecified atom stereocenters. The largest absolute Gasteiger partial charge is 0.446 e. The molecular formula is C41H49ClN6O3. The molecule has 2 aromatic heterocycles. The Morgan fingerprint density at radius 1 is 0.961 bits per heavy atom. The lowest BCUT2D eigenvalue weighted by molar-refractivity contribution is -0.140. The van der Waals surface area contributed by atoms with Crippen molar-refractivity contribution in [2.45, 2.75) is 96.5 Å². The van der Waals surface area contributed by atoms with Crippen molar-refractivity contribution in [1.82, 2.24) is 29.2 Å². The van der Waals surface area contributed by atoms with E-state index in [4.69, 9.17) is 21.3 Å². The molecule has 1 aliphatic heterocycles. The first kappa shape index (κ1) is 35.2. The number of hydrogen-bond acceptors (Lipinski definition) is 6. The molecule has 2 fully saturated rings. The van der Waals surface area contributed by atoms with Crippen LogP contribution in [0.15, 0.2) is 73.1 Å². The first-order chi connectivity index (χ1) is 24.8. The molecule has 10 heteroatoms. The highest BCUT2D eigenvalue weighted by molar-refractivity contribution is 6.30. The quantitative estimate of drug-likeness (QED) is 0.181. The van der Waals surface area contributed by atoms with Gasteiger partial charge in [0.2, 0.25) is 5.91 Å². The van der Waals surface area contributed by atoms with Gasteiger partial charge in [-0.15, -0.1) is 0 Å². The van der Waals surface area contributed by atoms with Gasteiger partial charge in [-0.25, -0.2) is 9.78 Å². The first-order valence-electron chi connectivity index (χ1n) is 18.6. The van der Waals surface area contributed by atoms with Crippen molar-refractivity contribution >= 4 is 23.6 Å². The highest BCUT2D eigenvalue weighted by Crippen LogP contribution is 2.38. The zero-order chi connectivity index (χ0) is 35.3. The predicted molar refractivity (Wildman–Crippen MR) is 199 cm³/mol. The van der Waals surface area contributed by atoms with Gasteiger partial charge in [-0.3, -0.25) is 19.6 Å². The molecule has 0 bridgehead atoms. The van der Waals surface area contributed by atoms with E-state index in [1.54, 1.807) is 4.90 Å². The van der Waals surface area contributed by atoms with Crippen LogP contribution < -0.4 is 0 Å². The maximum atomic E-state index is 15.1. The molecule has 2 amide bonds. The van der Waals surface area contributed by atoms with Crippen LogP contribution >= 0.6 is 11.6 Å². The lowest BCUT2D eigenvalue weighted by atomic mass is 9.95. The Morgan fingerprint density at radius 3 is 2.55 bits per heavy atom. The van der Waals surface area contributed by atoms with Gasteiger partial charge in [0.25, 0.3) is 0 Å². The van der Waals surface area contributed by atoms with Crippen LogP contribution in [0.2, 0.25) is 5.02 Å². The van der Waals surface area contributed by atoms with E-state index in [-0.39, 0.29) is 24.1 Å². The van der Waals surface area contributed by atoms with Crippen LogP contribution in [0.3, 0.4) is 0 Å². The summed E-state index contributed by atoms with van der Waals surface area (Å²) in [4.78, 5) is 44.6. The van der Waals surface area contributed by atoms with Crippen LogP contribution in [0.4, 0.5) is 4.79 Å². The summed E-state index contributed by atoms with van der Waals surface area (Å²) in [5.41, 5.74) is 6.61. The van der Waals surface area contributed by atoms with Gasteiger partial charge in [-0.05, 0) is 99.2 Å². The summed E-state index contributed by atoms with van der Waals surface area (Å²) in [6.07, 6.45) is 11.0. The van der Waals surface area contributed by atoms with Gasteiger partial charge in [0.15, 0.2) is 0 Å². The molecule has 0 N–H and O–H groups in total. The van der Waals surface area contributed by atoms with E-state index in [0.29, 0.717) is 37.7 Å². The maximum Gasteiger partial charge on any atom is 0.410 e. The average Bonchev–Trinajstić information content (AvgIpc) is 3.37. The van der Waals surface area contributed by atoms with Crippen molar-refractivity contribution in [1.29, 1.82) is 0 Å². The standard InChI is InChI=1S/C41H49ClN6O3/c1-29-26-45(30(2)44-29)21-10-22-47(27-31-11-5-3-6-12-31)40(49)37-28-46(23-24-48(37)41(50)51-35-14-7-4-8-15-35)39-36-19-18-34(42)25-33(36)17-16-32-13-9-20-43-38(32)39/h3,5-6,9,11-13,18-20,25-26,35,37,39H,4,7-8,10,14-17,21-24,27-28H2,1-2H3/t37-,39-/m1/s1. The van der Waals surface area contributed by atoms with Gasteiger partial charge in [0, 0.05) is 56.7 Å². The van der Waals surface area contributed by atoms with Gasteiger partial charge in [0.05, 0.1) is 17.4 Å². The fraction of sp³-hybridized carbons (Fsp3) is 0.463. The summed E-state index contributed by atoms with van der Waals surface area (Å²) in [6.45, 7) is 7.10. The fourth-order valence-electron chi connectivity index (χ4n) is 8.22. The zero-order valence-corrected chi connectivity index (χ0v) is 30.6. The second-order valence-electron chi connectivity index (χ2n) is 14.4. The Bertz CT molecular complexity index is 1820. The Balaban J connectivity index is 1.21. The number of imidazole rings is 1. The molecule has 1 saturated carbocycles. The van der Waals surface area contributed by atoms with Gasteiger partial charge in [-0.2, -0.15) is 0 Å². The third kappa shape index (κ3) is 8.15. The molecule has 51 heavy (non-hydrogen) atoms. The fourth-order valence-corrected chi connectivity index (χ4v) is 8.42. The molecule has 0 radical (unpaired) electrons. The van der Waals surface area contributed by atoms with Crippen molar-refractivity contribution in [3.63, 3.8) is 0 Å². The number of fused-ring (bicyclic) bond motifs is 2. The van der Waals surface area contributed by atoms with Crippen LogP contribution in [0.1, 0.15) is 84.0 Å². The number of carbonyl (C=O) groups excluding carboxylic acids is 2. The minimum atomic E-state index is -0.720. The molecular weight excluding hydrogens is 660 g/mol. The maximum absolute atomic E-state index is 15.1. The zero-order valence-electron chi connectivity index (χ0n) is 29.8. The molecule has 268 valence electrons. The molecule has 4 aromatic rings. The highest BCUT2D eigenvalue weighted by Gasteiger charge is 2.42. The number of aromatic nitrogens is 3. The smallest absolute Gasteiger partial charge is 0.410 e. The monoisotopic (exact) mass is 708 g/mol. The van der Waals surface area contributed by atoms with Gasteiger partial charge >= 0.3 is 6.09 Å². The van der Waals surface area contributed by atoms with Crippen molar-refractivity contribution in [3.8, 4) is 0 Å². The molecule has 2 aliphatic carbocycles. The molecule has 2 aromatic carbocycles. The van der Waals surface area contributed by atoms with E-state index in [9.17, 15) is 4.79 Å². The number of benzene rings is 2. The number of pyridine rings is 1. The number of nitrogens with zero attached hydrogens (tertiary/aromatic N) is 6. The van der Waals surface area contributed by atoms with Crippen LogP contribution in [-0.4, -0.2) is 79.6 Å². The summed E-state index contributed by atoms with van der Waals surface area (Å²) < 4.78 is 8.30. The van der Waals surface area contributed by atoms with E-state index in [1.165, 1.54) is 17.5 Å². The lowest BCUT2D eigenvalue weighted by Gasteiger charge is -2.45. The summed E-state index contributed by atoms with van der Waals surface area (Å²) in [5, 5.41) is 0.715. The van der Waals surface area contributed by atoms with Crippen LogP contribution in [-0.2, 0) is 35.5 Å². The minimum Gasteiger partial charge on any atom is -0.446 e. The summed E-state index contributed by atoms with van der Waals surface area (Å²) in [5.74, 6) is 0.903. The predicted octanol–water partition coefficient (Wildman–Crippen LogP) is 7.31. The Morgan fingerprint density at radius 2 is 1.76 bits per heavy atom. The van der Waals surface area contributed by atoms with Crippen LogP contribution in [0, 0.1) is 13.8 Å². The van der Waals surface area contributed by atoms with Crippen molar-refractivity contribution in [2.24, 2.45) is 0 Å². The molecule has 7 rings (SSSR count). The molecule has 0 spiro atoms. The number of hydrogen-bond donors (Lipinski definition) is 0. The number of carbonyl (C=O) groups is 2. The second kappa shape index (κ2) is 16.0. The molecule has 1 saturated heterocycles. The highest BCUT2D eigenvalue weighted by atomic mass is 35.5. The van der Waals surface area contributed by atoms with Gasteiger partial charge < -0.3 is 14.2 Å².